The molecule has 2 rings (SSSR count). The lowest BCUT2D eigenvalue weighted by molar-refractivity contribution is 0.262. The predicted molar refractivity (Wildman–Crippen MR) is 80.2 cm³/mol. The molecule has 2 bridgehead atoms. The van der Waals surface area contributed by atoms with E-state index in [0.29, 0.717) is 0 Å². The van der Waals surface area contributed by atoms with Crippen molar-refractivity contribution in [1.29, 1.82) is 0 Å². The molecule has 0 aromatic heterocycles. The summed E-state index contributed by atoms with van der Waals surface area (Å²) in [4.78, 5) is 0. The van der Waals surface area contributed by atoms with Gasteiger partial charge in [-0.25, -0.2) is 0 Å². The van der Waals surface area contributed by atoms with Crippen molar-refractivity contribution in [3.8, 4) is 0 Å². The molecule has 0 aliphatic heterocycles. The summed E-state index contributed by atoms with van der Waals surface area (Å²) in [6.07, 6.45) is 9.05. The lowest BCUT2D eigenvalue weighted by atomic mass is 9.91. The van der Waals surface area contributed by atoms with E-state index in [9.17, 15) is 0 Å². The van der Waals surface area contributed by atoms with Gasteiger partial charge >= 0.3 is 0 Å². The Morgan fingerprint density at radius 1 is 1.06 bits per heavy atom. The molecule has 1 fully saturated rings. The molecule has 1 saturated carbocycles. The molecule has 0 radical (unpaired) electrons. The molecular weight excluding hydrogens is 240 g/mol. The average Bonchev–Trinajstić information content (AvgIpc) is 2.76. The normalized spacial score (nSPS) is 32.4. The fourth-order valence-electron chi connectivity index (χ4n) is 2.91. The highest BCUT2D eigenvalue weighted by molar-refractivity contribution is 7.37. The zero-order valence-corrected chi connectivity index (χ0v) is 14.1. The second kappa shape index (κ2) is 4.67. The summed E-state index contributed by atoms with van der Waals surface area (Å²) in [5, 5.41) is 0. The van der Waals surface area contributed by atoms with Crippen LogP contribution in [0.5, 0.6) is 0 Å². The molecule has 0 aromatic rings. The van der Waals surface area contributed by atoms with Crippen LogP contribution in [0.2, 0.25) is 32.7 Å². The summed E-state index contributed by atoms with van der Waals surface area (Å²) in [5.41, 5.74) is 0. The van der Waals surface area contributed by atoms with Gasteiger partial charge in [0.25, 0.3) is 0 Å². The zero-order chi connectivity index (χ0) is 12.7. The molecule has 2 aliphatic carbocycles. The fraction of sp³-hybridized carbons (Fsp3) is 0.857. The molecule has 3 heteroatoms. The second-order valence-electron chi connectivity index (χ2n) is 7.44. The molecular formula is C14H28OSi2. The third-order valence-electron chi connectivity index (χ3n) is 5.17. The third-order valence-corrected chi connectivity index (χ3v) is 21.0. The Bertz CT molecular complexity index is 304. The van der Waals surface area contributed by atoms with Gasteiger partial charge < -0.3 is 4.43 Å². The number of hydrogen-bond donors (Lipinski definition) is 0. The summed E-state index contributed by atoms with van der Waals surface area (Å²) in [6.45, 7) is 13.2. The van der Waals surface area contributed by atoms with Crippen molar-refractivity contribution in [2.45, 2.75) is 52.0 Å². The second-order valence-corrected chi connectivity index (χ2v) is 23.4. The molecule has 0 heterocycles. The summed E-state index contributed by atoms with van der Waals surface area (Å²) in [5.74, 6) is 2.73. The van der Waals surface area contributed by atoms with E-state index in [1.807, 2.05) is 0 Å². The molecule has 17 heavy (non-hydrogen) atoms. The smallest absolute Gasteiger partial charge is 0.173 e. The van der Waals surface area contributed by atoms with Gasteiger partial charge in [-0.2, -0.15) is 0 Å². The zero-order valence-electron chi connectivity index (χ0n) is 12.1. The molecule has 0 saturated heterocycles. The lowest BCUT2D eigenvalue weighted by Crippen LogP contribution is -2.55. The Morgan fingerprint density at radius 3 is 2.24 bits per heavy atom. The van der Waals surface area contributed by atoms with Gasteiger partial charge in [-0.05, 0) is 50.1 Å². The number of fused-ring (bicyclic) bond motifs is 2. The lowest BCUT2D eigenvalue weighted by Gasteiger charge is -2.35. The molecule has 98 valence electrons. The summed E-state index contributed by atoms with van der Waals surface area (Å²) >= 11 is 0. The standard InChI is InChI=1S/C14H28OSi2/c1-16(2,3)17(4,5)15-9-8-14-11-12-6-7-13(14)10-12/h6-7,12-14H,8-11H2,1-5H3. The first-order chi connectivity index (χ1) is 7.79. The van der Waals surface area contributed by atoms with Crippen molar-refractivity contribution in [3.63, 3.8) is 0 Å². The SMILES string of the molecule is C[Si](C)(C)[Si](C)(C)OCCC1CC2C=CC1C2. The van der Waals surface area contributed by atoms with Crippen LogP contribution in [0.25, 0.3) is 0 Å². The Labute approximate surface area is 109 Å². The first-order valence-corrected chi connectivity index (χ1v) is 14.5. The van der Waals surface area contributed by atoms with Crippen LogP contribution in [0.1, 0.15) is 19.3 Å². The van der Waals surface area contributed by atoms with Gasteiger partial charge in [0.05, 0.1) is 7.59 Å². The molecule has 3 atom stereocenters. The highest BCUT2D eigenvalue weighted by Crippen LogP contribution is 2.44. The first kappa shape index (κ1) is 13.6. The van der Waals surface area contributed by atoms with Crippen LogP contribution in [0.15, 0.2) is 12.2 Å². The van der Waals surface area contributed by atoms with Crippen LogP contribution in [0, 0.1) is 17.8 Å². The van der Waals surface area contributed by atoms with Crippen LogP contribution < -0.4 is 0 Å². The monoisotopic (exact) mass is 268 g/mol. The quantitative estimate of drug-likeness (QED) is 0.536. The van der Waals surface area contributed by atoms with Gasteiger partial charge in [-0.3, -0.25) is 0 Å². The molecule has 2 aliphatic rings. The van der Waals surface area contributed by atoms with Gasteiger partial charge in [0.1, 0.15) is 0 Å². The van der Waals surface area contributed by atoms with E-state index in [0.717, 1.165) is 24.4 Å². The molecule has 0 aromatic carbocycles. The van der Waals surface area contributed by atoms with E-state index in [-0.39, 0.29) is 0 Å². The molecule has 0 N–H and O–H groups in total. The van der Waals surface area contributed by atoms with Crippen molar-refractivity contribution >= 4 is 15.4 Å². The van der Waals surface area contributed by atoms with Crippen LogP contribution in [-0.4, -0.2) is 22.0 Å². The highest BCUT2D eigenvalue weighted by Gasteiger charge is 2.40. The minimum absolute atomic E-state index is 0.889. The van der Waals surface area contributed by atoms with E-state index < -0.39 is 15.4 Å². The first-order valence-electron chi connectivity index (χ1n) is 7.12. The summed E-state index contributed by atoms with van der Waals surface area (Å²) in [7, 11) is -2.45. The predicted octanol–water partition coefficient (Wildman–Crippen LogP) is 4.23. The Kier molecular flexibility index (Phi) is 3.72. The van der Waals surface area contributed by atoms with Crippen LogP contribution in [0.4, 0.5) is 0 Å². The number of hydrogen-bond acceptors (Lipinski definition) is 1. The third kappa shape index (κ3) is 2.94. The Morgan fingerprint density at radius 2 is 1.76 bits per heavy atom. The number of allylic oxidation sites excluding steroid dienone is 2. The van der Waals surface area contributed by atoms with Gasteiger partial charge in [0.2, 0.25) is 0 Å². The van der Waals surface area contributed by atoms with Gasteiger partial charge in [0.15, 0.2) is 7.83 Å². The average molecular weight is 269 g/mol. The van der Waals surface area contributed by atoms with E-state index >= 15 is 0 Å². The van der Waals surface area contributed by atoms with Crippen molar-refractivity contribution in [3.05, 3.63) is 12.2 Å². The Hall–Kier alpha value is 0.134. The van der Waals surface area contributed by atoms with Crippen molar-refractivity contribution in [2.75, 3.05) is 6.61 Å². The molecule has 1 nitrogen and oxygen atoms in total. The maximum Gasteiger partial charge on any atom is 0.173 e. The largest absolute Gasteiger partial charge is 0.420 e. The van der Waals surface area contributed by atoms with Gasteiger partial charge in [-0.15, -0.1) is 0 Å². The minimum atomic E-state index is -1.38. The molecule has 0 spiro atoms. The van der Waals surface area contributed by atoms with E-state index in [2.05, 4.69) is 44.9 Å². The minimum Gasteiger partial charge on any atom is -0.420 e. The van der Waals surface area contributed by atoms with Crippen molar-refractivity contribution in [1.82, 2.24) is 0 Å². The summed E-state index contributed by atoms with van der Waals surface area (Å²) in [6, 6.07) is 0. The van der Waals surface area contributed by atoms with E-state index in [1.54, 1.807) is 0 Å². The van der Waals surface area contributed by atoms with E-state index in [4.69, 9.17) is 4.43 Å². The topological polar surface area (TPSA) is 9.23 Å². The van der Waals surface area contributed by atoms with E-state index in [1.165, 1.54) is 19.3 Å². The highest BCUT2D eigenvalue weighted by atomic mass is 29.3. The summed E-state index contributed by atoms with van der Waals surface area (Å²) < 4.78 is 6.34. The van der Waals surface area contributed by atoms with Gasteiger partial charge in [-0.1, -0.05) is 31.8 Å². The van der Waals surface area contributed by atoms with Crippen LogP contribution in [-0.2, 0) is 4.43 Å². The molecule has 0 amide bonds. The maximum absolute atomic E-state index is 6.34. The maximum atomic E-state index is 6.34. The Balaban J connectivity index is 1.75. The van der Waals surface area contributed by atoms with Crippen molar-refractivity contribution < 1.29 is 4.43 Å². The number of rotatable bonds is 5. The van der Waals surface area contributed by atoms with Crippen molar-refractivity contribution in [2.24, 2.45) is 17.8 Å². The molecule has 3 unspecified atom stereocenters. The van der Waals surface area contributed by atoms with Crippen LogP contribution >= 0.6 is 0 Å². The van der Waals surface area contributed by atoms with Gasteiger partial charge in [0, 0.05) is 6.61 Å². The van der Waals surface area contributed by atoms with Crippen LogP contribution in [0.3, 0.4) is 0 Å². The fourth-order valence-corrected chi connectivity index (χ4v) is 5.57.